The number of hydrogen-bond donors (Lipinski definition) is 3. The van der Waals surface area contributed by atoms with Gasteiger partial charge >= 0.3 is 5.97 Å². The second kappa shape index (κ2) is 4.24. The lowest BCUT2D eigenvalue weighted by Crippen LogP contribution is -2.00. The van der Waals surface area contributed by atoms with Crippen molar-refractivity contribution in [3.8, 4) is 0 Å². The van der Waals surface area contributed by atoms with Crippen LogP contribution in [0.2, 0.25) is 0 Å². The van der Waals surface area contributed by atoms with Gasteiger partial charge in [0, 0.05) is 0 Å². The highest BCUT2D eigenvalue weighted by Crippen LogP contribution is 2.26. The standard InChI is InChI=1S/C11H10N2O2S/c12-8-4-3-7(11(14)15)6-9(8)13-10-2-1-5-16-10/h1-6,13H,12H2,(H,14,15). The van der Waals surface area contributed by atoms with E-state index in [-0.39, 0.29) is 5.56 Å². The fourth-order valence-electron chi connectivity index (χ4n) is 1.28. The molecule has 0 aliphatic heterocycles. The molecule has 0 fully saturated rings. The summed E-state index contributed by atoms with van der Waals surface area (Å²) in [6, 6.07) is 8.40. The zero-order valence-corrected chi connectivity index (χ0v) is 9.12. The molecule has 5 heteroatoms. The number of carboxylic acids is 1. The van der Waals surface area contributed by atoms with E-state index in [1.807, 2.05) is 17.5 Å². The molecule has 0 aliphatic rings. The van der Waals surface area contributed by atoms with Crippen molar-refractivity contribution in [2.75, 3.05) is 11.1 Å². The van der Waals surface area contributed by atoms with Crippen molar-refractivity contribution < 1.29 is 9.90 Å². The molecular formula is C11H10N2O2S. The molecule has 0 amide bonds. The molecule has 0 saturated heterocycles. The number of hydrogen-bond acceptors (Lipinski definition) is 4. The molecule has 0 saturated carbocycles. The van der Waals surface area contributed by atoms with E-state index in [4.69, 9.17) is 10.8 Å². The Kier molecular flexibility index (Phi) is 2.78. The van der Waals surface area contributed by atoms with Gasteiger partial charge in [-0.05, 0) is 35.7 Å². The first kappa shape index (κ1) is 10.5. The number of rotatable bonds is 3. The highest BCUT2D eigenvalue weighted by molar-refractivity contribution is 7.14. The monoisotopic (exact) mass is 234 g/mol. The molecule has 1 aromatic heterocycles. The number of nitrogen functional groups attached to an aromatic ring is 1. The number of nitrogens with two attached hydrogens (primary N) is 1. The van der Waals surface area contributed by atoms with Crippen molar-refractivity contribution in [2.24, 2.45) is 0 Å². The predicted octanol–water partition coefficient (Wildman–Crippen LogP) is 2.77. The number of carbonyl (C=O) groups is 1. The Morgan fingerprint density at radius 2 is 2.19 bits per heavy atom. The van der Waals surface area contributed by atoms with E-state index >= 15 is 0 Å². The minimum Gasteiger partial charge on any atom is -0.478 e. The molecule has 0 radical (unpaired) electrons. The molecule has 0 aliphatic carbocycles. The topological polar surface area (TPSA) is 75.4 Å². The van der Waals surface area contributed by atoms with E-state index in [9.17, 15) is 4.79 Å². The van der Waals surface area contributed by atoms with E-state index in [0.29, 0.717) is 11.4 Å². The third-order valence-corrected chi connectivity index (χ3v) is 2.86. The van der Waals surface area contributed by atoms with Crippen LogP contribution in [0.15, 0.2) is 35.7 Å². The van der Waals surface area contributed by atoms with Crippen LogP contribution >= 0.6 is 11.3 Å². The van der Waals surface area contributed by atoms with E-state index in [2.05, 4.69) is 5.32 Å². The molecule has 0 bridgehead atoms. The maximum Gasteiger partial charge on any atom is 0.335 e. The van der Waals surface area contributed by atoms with Gasteiger partial charge in [-0.15, -0.1) is 11.3 Å². The van der Waals surface area contributed by atoms with Gasteiger partial charge in [0.1, 0.15) is 0 Å². The van der Waals surface area contributed by atoms with E-state index in [0.717, 1.165) is 5.00 Å². The number of nitrogens with one attached hydrogen (secondary N) is 1. The minimum absolute atomic E-state index is 0.216. The fraction of sp³-hybridized carbons (Fsp3) is 0. The van der Waals surface area contributed by atoms with Crippen LogP contribution in [0.4, 0.5) is 16.4 Å². The molecule has 0 atom stereocenters. The Morgan fingerprint density at radius 1 is 1.38 bits per heavy atom. The second-order valence-corrected chi connectivity index (χ2v) is 4.16. The summed E-state index contributed by atoms with van der Waals surface area (Å²) in [5.41, 5.74) is 7.11. The lowest BCUT2D eigenvalue weighted by molar-refractivity contribution is 0.0697. The highest BCUT2D eigenvalue weighted by Gasteiger charge is 2.06. The second-order valence-electron chi connectivity index (χ2n) is 3.21. The average molecular weight is 234 g/mol. The van der Waals surface area contributed by atoms with Crippen LogP contribution in [0.3, 0.4) is 0 Å². The first-order valence-corrected chi connectivity index (χ1v) is 5.48. The smallest absolute Gasteiger partial charge is 0.335 e. The molecular weight excluding hydrogens is 224 g/mol. The van der Waals surface area contributed by atoms with Crippen molar-refractivity contribution >= 4 is 33.7 Å². The number of benzene rings is 1. The average Bonchev–Trinajstić information content (AvgIpc) is 2.73. The van der Waals surface area contributed by atoms with E-state index in [1.165, 1.54) is 23.5 Å². The van der Waals surface area contributed by atoms with Gasteiger partial charge in [-0.25, -0.2) is 4.79 Å². The van der Waals surface area contributed by atoms with Crippen molar-refractivity contribution in [1.82, 2.24) is 0 Å². The van der Waals surface area contributed by atoms with Crippen LogP contribution in [0.1, 0.15) is 10.4 Å². The van der Waals surface area contributed by atoms with Gasteiger partial charge < -0.3 is 16.2 Å². The summed E-state index contributed by atoms with van der Waals surface area (Å²) in [5.74, 6) is -0.964. The SMILES string of the molecule is Nc1ccc(C(=O)O)cc1Nc1cccs1. The molecule has 4 nitrogen and oxygen atoms in total. The van der Waals surface area contributed by atoms with Crippen molar-refractivity contribution in [3.05, 3.63) is 41.3 Å². The third-order valence-electron chi connectivity index (χ3n) is 2.08. The van der Waals surface area contributed by atoms with Gasteiger partial charge in [-0.3, -0.25) is 0 Å². The zero-order valence-electron chi connectivity index (χ0n) is 8.31. The number of thiophene rings is 1. The van der Waals surface area contributed by atoms with Crippen LogP contribution in [-0.2, 0) is 0 Å². The van der Waals surface area contributed by atoms with Gasteiger partial charge in [-0.2, -0.15) is 0 Å². The van der Waals surface area contributed by atoms with E-state index in [1.54, 1.807) is 6.07 Å². The number of anilines is 3. The Balaban J connectivity index is 2.32. The molecule has 2 rings (SSSR count). The zero-order chi connectivity index (χ0) is 11.5. The van der Waals surface area contributed by atoms with Crippen molar-refractivity contribution in [2.45, 2.75) is 0 Å². The predicted molar refractivity (Wildman–Crippen MR) is 65.4 cm³/mol. The maximum absolute atomic E-state index is 10.8. The first-order valence-electron chi connectivity index (χ1n) is 4.60. The van der Waals surface area contributed by atoms with Crippen LogP contribution in [0.25, 0.3) is 0 Å². The Morgan fingerprint density at radius 3 is 2.81 bits per heavy atom. The van der Waals surface area contributed by atoms with E-state index < -0.39 is 5.97 Å². The lowest BCUT2D eigenvalue weighted by atomic mass is 10.2. The van der Waals surface area contributed by atoms with Crippen LogP contribution in [-0.4, -0.2) is 11.1 Å². The van der Waals surface area contributed by atoms with Gasteiger partial charge in [0.05, 0.1) is 21.9 Å². The Labute approximate surface area is 96.3 Å². The van der Waals surface area contributed by atoms with Gasteiger partial charge in [-0.1, -0.05) is 0 Å². The van der Waals surface area contributed by atoms with Crippen LogP contribution in [0, 0.1) is 0 Å². The lowest BCUT2D eigenvalue weighted by Gasteiger charge is -2.08. The van der Waals surface area contributed by atoms with Crippen molar-refractivity contribution in [3.63, 3.8) is 0 Å². The Hall–Kier alpha value is -2.01. The van der Waals surface area contributed by atoms with Crippen LogP contribution < -0.4 is 11.1 Å². The largest absolute Gasteiger partial charge is 0.478 e. The van der Waals surface area contributed by atoms with Crippen molar-refractivity contribution in [1.29, 1.82) is 0 Å². The molecule has 16 heavy (non-hydrogen) atoms. The summed E-state index contributed by atoms with van der Waals surface area (Å²) in [5, 5.41) is 14.8. The summed E-state index contributed by atoms with van der Waals surface area (Å²) in [6.45, 7) is 0. The quantitative estimate of drug-likeness (QED) is 0.714. The minimum atomic E-state index is -0.964. The Bertz CT molecular complexity index is 509. The molecule has 2 aromatic rings. The number of aromatic carboxylic acids is 1. The summed E-state index contributed by atoms with van der Waals surface area (Å²) < 4.78 is 0. The summed E-state index contributed by atoms with van der Waals surface area (Å²) in [6.07, 6.45) is 0. The highest BCUT2D eigenvalue weighted by atomic mass is 32.1. The first-order chi connectivity index (χ1) is 7.66. The molecule has 1 aromatic carbocycles. The van der Waals surface area contributed by atoms with Gasteiger partial charge in [0.2, 0.25) is 0 Å². The third kappa shape index (κ3) is 2.14. The van der Waals surface area contributed by atoms with Gasteiger partial charge in [0.15, 0.2) is 0 Å². The summed E-state index contributed by atoms with van der Waals surface area (Å²) in [7, 11) is 0. The molecule has 82 valence electrons. The maximum atomic E-state index is 10.8. The summed E-state index contributed by atoms with van der Waals surface area (Å²) >= 11 is 1.53. The number of carboxylic acid groups (broad SMARTS) is 1. The molecule has 0 spiro atoms. The normalized spacial score (nSPS) is 10.0. The van der Waals surface area contributed by atoms with Crippen LogP contribution in [0.5, 0.6) is 0 Å². The molecule has 0 unspecified atom stereocenters. The van der Waals surface area contributed by atoms with Gasteiger partial charge in [0.25, 0.3) is 0 Å². The molecule has 4 N–H and O–H groups in total. The summed E-state index contributed by atoms with van der Waals surface area (Å²) in [4.78, 5) is 10.8. The fourth-order valence-corrected chi connectivity index (χ4v) is 1.91. The molecule has 1 heterocycles.